The van der Waals surface area contributed by atoms with E-state index in [9.17, 15) is 0 Å². The van der Waals surface area contributed by atoms with Gasteiger partial charge in [0.1, 0.15) is 0 Å². The van der Waals surface area contributed by atoms with E-state index in [1.165, 1.54) is 52.8 Å². The van der Waals surface area contributed by atoms with E-state index >= 15 is 0 Å². The molecule has 304 valence electrons. The van der Waals surface area contributed by atoms with Gasteiger partial charge in [0.15, 0.2) is 0 Å². The summed E-state index contributed by atoms with van der Waals surface area (Å²) in [6.07, 6.45) is 2.08. The first kappa shape index (κ1) is 41.3. The van der Waals surface area contributed by atoms with Crippen LogP contribution in [0.25, 0.3) is 83.0 Å². The Labute approximate surface area is 381 Å². The number of thiophene rings is 4. The molecule has 10 rings (SSSR count). The summed E-state index contributed by atoms with van der Waals surface area (Å²) in [5.74, 6) is 1.36. The van der Waals surface area contributed by atoms with Crippen molar-refractivity contribution >= 4 is 107 Å². The third-order valence-corrected chi connectivity index (χ3v) is 15.4. The Hall–Kier alpha value is -4.11. The van der Waals surface area contributed by atoms with E-state index in [1.807, 2.05) is 0 Å². The fourth-order valence-electron chi connectivity index (χ4n) is 8.44. The molecule has 0 fully saturated rings. The molecule has 0 N–H and O–H groups in total. The van der Waals surface area contributed by atoms with Crippen molar-refractivity contribution < 1.29 is 25.8 Å². The molecule has 6 aromatic heterocycles. The Balaban J connectivity index is 0.00000462. The maximum Gasteiger partial charge on any atom is 2.00 e. The van der Waals surface area contributed by atoms with Crippen LogP contribution in [0.2, 0.25) is 0 Å². The minimum Gasteiger partial charge on any atom is -0.507 e. The van der Waals surface area contributed by atoms with Crippen molar-refractivity contribution in [1.29, 1.82) is 0 Å². The summed E-state index contributed by atoms with van der Waals surface area (Å²) in [5.41, 5.74) is 6.76. The van der Waals surface area contributed by atoms with Gasteiger partial charge in [0.05, 0.1) is 11.4 Å². The summed E-state index contributed by atoms with van der Waals surface area (Å²) in [4.78, 5) is 3.88. The fraction of sp³-hybridized carbons (Fsp3) is 0.280. The van der Waals surface area contributed by atoms with E-state index in [4.69, 9.17) is 14.9 Å². The van der Waals surface area contributed by atoms with Gasteiger partial charge in [0, 0.05) is 63.2 Å². The number of aromatic nitrogens is 4. The van der Waals surface area contributed by atoms with Crippen molar-refractivity contribution in [3.8, 4) is 32.6 Å². The summed E-state index contributed by atoms with van der Waals surface area (Å²) >= 11 is 6.88. The Kier molecular flexibility index (Phi) is 10.4. The smallest absolute Gasteiger partial charge is 0.507 e. The van der Waals surface area contributed by atoms with Crippen LogP contribution in [0, 0.1) is 50.7 Å². The third-order valence-electron chi connectivity index (χ3n) is 10.9. The summed E-state index contributed by atoms with van der Waals surface area (Å²) in [6, 6.07) is 30.1. The first-order valence-electron chi connectivity index (χ1n) is 20.0. The zero-order valence-corrected chi connectivity index (χ0v) is 40.9. The number of benzene rings is 4. The molecule has 4 aromatic carbocycles. The molecule has 0 saturated heterocycles. The minimum atomic E-state index is 0. The number of fused-ring (bicyclic) bond motifs is 10. The number of hydrogen-bond acceptors (Lipinski definition) is 9. The summed E-state index contributed by atoms with van der Waals surface area (Å²) < 4.78 is 11.5. The second kappa shape index (κ2) is 15.1. The Morgan fingerprint density at radius 3 is 1.30 bits per heavy atom. The van der Waals surface area contributed by atoms with E-state index < -0.39 is 0 Å². The Bertz CT molecular complexity index is 3120. The second-order valence-electron chi connectivity index (χ2n) is 18.3. The van der Waals surface area contributed by atoms with Gasteiger partial charge in [-0.1, -0.05) is 136 Å². The van der Waals surface area contributed by atoms with Crippen molar-refractivity contribution in [3.05, 3.63) is 105 Å². The molecule has 10 heteroatoms. The van der Waals surface area contributed by atoms with Gasteiger partial charge in [-0.25, -0.2) is 32.9 Å². The molecule has 0 radical (unpaired) electrons. The van der Waals surface area contributed by atoms with Gasteiger partial charge in [0.2, 0.25) is 0 Å². The number of aryl methyl sites for hydroxylation is 4. The molecule has 0 aliphatic heterocycles. The molecule has 0 aliphatic carbocycles. The van der Waals surface area contributed by atoms with Gasteiger partial charge >= 0.3 is 21.1 Å². The normalized spacial score (nSPS) is 12.5. The van der Waals surface area contributed by atoms with E-state index in [-0.39, 0.29) is 31.9 Å². The van der Waals surface area contributed by atoms with E-state index in [2.05, 4.69) is 152 Å². The van der Waals surface area contributed by atoms with Crippen molar-refractivity contribution in [3.63, 3.8) is 0 Å². The SMILES string of the molecule is Cc1sc(-c2nnc(C)c3c2sc2c4ccc(CC(C)(C)C)cc4ccc23)[c-]c1Oc1[c-]c(-c2nnc(C)c3c2sc2c4ccc(CC(C)(C)C)cc4ccc23)sc1C.[Pt+2]. The standard InChI is InChI=1S/C50H44N4OS4.Pt/c1-25-41-35-17-13-31-19-29(23-49(5,6)7)11-15-33(31)45(35)58-47(41)43(53-51-25)39-21-37(27(3)56-39)55-38-22-40(57-28(38)4)44-48-42(26(2)52-54-44)36-18-14-32-20-30(24-50(8,9)10)12-16-34(32)46(36)59-48;/h11-20H,23-24H2,1-10H3;/q-2;+2. The minimum absolute atomic E-state index is 0. The van der Waals surface area contributed by atoms with Crippen LogP contribution in [0.4, 0.5) is 0 Å². The van der Waals surface area contributed by atoms with Crippen molar-refractivity contribution in [2.75, 3.05) is 0 Å². The number of nitrogens with zero attached hydrogens (tertiary/aromatic N) is 4. The van der Waals surface area contributed by atoms with Crippen molar-refractivity contribution in [2.45, 2.75) is 82.1 Å². The van der Waals surface area contributed by atoms with Crippen LogP contribution in [0.5, 0.6) is 11.5 Å². The van der Waals surface area contributed by atoms with Gasteiger partial charge in [-0.2, -0.15) is 10.2 Å². The van der Waals surface area contributed by atoms with E-state index in [0.29, 0.717) is 11.5 Å². The van der Waals surface area contributed by atoms with Crippen molar-refractivity contribution in [2.24, 2.45) is 10.8 Å². The average molecular weight is 1040 g/mol. The molecule has 0 aliphatic rings. The molecule has 0 bridgehead atoms. The number of rotatable bonds is 6. The predicted octanol–water partition coefficient (Wildman–Crippen LogP) is 15.6. The largest absolute Gasteiger partial charge is 2.00 e. The molecule has 0 amide bonds. The topological polar surface area (TPSA) is 60.8 Å². The van der Waals surface area contributed by atoms with Crippen LogP contribution >= 0.6 is 45.3 Å². The molecule has 6 heterocycles. The molecule has 0 spiro atoms. The van der Waals surface area contributed by atoms with Crippen LogP contribution in [0.1, 0.15) is 73.8 Å². The van der Waals surface area contributed by atoms with Crippen molar-refractivity contribution in [1.82, 2.24) is 20.4 Å². The van der Waals surface area contributed by atoms with Gasteiger partial charge in [0.25, 0.3) is 0 Å². The predicted molar refractivity (Wildman–Crippen MR) is 254 cm³/mol. The Morgan fingerprint density at radius 1 is 0.500 bits per heavy atom. The van der Waals surface area contributed by atoms with Gasteiger partial charge in [-0.3, -0.25) is 0 Å². The van der Waals surface area contributed by atoms with Crippen LogP contribution in [-0.4, -0.2) is 20.4 Å². The van der Waals surface area contributed by atoms with Crippen LogP contribution in [0.15, 0.2) is 60.7 Å². The molecule has 60 heavy (non-hydrogen) atoms. The molecule has 0 atom stereocenters. The summed E-state index contributed by atoms with van der Waals surface area (Å²) in [6.45, 7) is 22.0. The second-order valence-corrected chi connectivity index (χ2v) is 22.8. The maximum atomic E-state index is 6.66. The number of ether oxygens (including phenoxy) is 1. The zero-order chi connectivity index (χ0) is 41.1. The fourth-order valence-corrected chi connectivity index (χ4v) is 13.1. The molecule has 0 unspecified atom stereocenters. The molecule has 5 nitrogen and oxygen atoms in total. The quantitative estimate of drug-likeness (QED) is 0.155. The van der Waals surface area contributed by atoms with Crippen LogP contribution < -0.4 is 4.74 Å². The first-order chi connectivity index (χ1) is 28.1. The molecular weight excluding hydrogens is 996 g/mol. The molecule has 10 aromatic rings. The Morgan fingerprint density at radius 2 is 0.900 bits per heavy atom. The zero-order valence-electron chi connectivity index (χ0n) is 35.3. The van der Waals surface area contributed by atoms with Gasteiger partial charge in [-0.05, 0) is 70.2 Å². The summed E-state index contributed by atoms with van der Waals surface area (Å²) in [7, 11) is 0. The molecular formula is C50H44N4OPtS4. The van der Waals surface area contributed by atoms with E-state index in [1.54, 1.807) is 45.3 Å². The van der Waals surface area contributed by atoms with E-state index in [0.717, 1.165) is 75.3 Å². The van der Waals surface area contributed by atoms with Crippen LogP contribution in [0.3, 0.4) is 0 Å². The maximum absolute atomic E-state index is 6.66. The van der Waals surface area contributed by atoms with Gasteiger partial charge < -0.3 is 4.74 Å². The van der Waals surface area contributed by atoms with Gasteiger partial charge in [-0.15, -0.1) is 34.8 Å². The monoisotopic (exact) mass is 1040 g/mol. The summed E-state index contributed by atoms with van der Waals surface area (Å²) in [5, 5.41) is 28.8. The molecule has 0 saturated carbocycles. The number of hydrogen-bond donors (Lipinski definition) is 0. The van der Waals surface area contributed by atoms with Crippen LogP contribution in [-0.2, 0) is 33.9 Å². The third kappa shape index (κ3) is 7.28. The first-order valence-corrected chi connectivity index (χ1v) is 23.3. The average Bonchev–Trinajstić information content (AvgIpc) is 3.94.